The quantitative estimate of drug-likeness (QED) is 0.479. The number of nitrogens with zero attached hydrogens (tertiary/aromatic N) is 1. The van der Waals surface area contributed by atoms with Gasteiger partial charge in [-0.25, -0.2) is 4.79 Å². The summed E-state index contributed by atoms with van der Waals surface area (Å²) in [7, 11) is 0. The van der Waals surface area contributed by atoms with E-state index in [1.54, 1.807) is 19.1 Å². The van der Waals surface area contributed by atoms with E-state index in [4.69, 9.17) is 0 Å². The first-order chi connectivity index (χ1) is 15.1. The highest BCUT2D eigenvalue weighted by Gasteiger charge is 2.49. The fourth-order valence-electron chi connectivity index (χ4n) is 3.23. The number of urea groups is 1. The number of hydrogen-bond donors (Lipinski definition) is 2. The highest BCUT2D eigenvalue weighted by atomic mass is 19.3. The van der Waals surface area contributed by atoms with E-state index in [1.807, 2.05) is 0 Å². The number of nitrogens with one attached hydrogen (secondary N) is 2. The number of benzene rings is 2. The summed E-state index contributed by atoms with van der Waals surface area (Å²) in [4.78, 5) is 50.3. The summed E-state index contributed by atoms with van der Waals surface area (Å²) in [5.74, 6) is -1.37. The number of ketones is 1. The van der Waals surface area contributed by atoms with Crippen molar-refractivity contribution in [3.05, 3.63) is 59.7 Å². The van der Waals surface area contributed by atoms with E-state index in [9.17, 15) is 28.0 Å². The zero-order valence-corrected chi connectivity index (χ0v) is 17.4. The van der Waals surface area contributed by atoms with Crippen molar-refractivity contribution in [1.29, 1.82) is 0 Å². The molecule has 1 aliphatic heterocycles. The average molecular weight is 445 g/mol. The molecular weight excluding hydrogens is 424 g/mol. The van der Waals surface area contributed by atoms with Crippen LogP contribution >= 0.6 is 0 Å². The van der Waals surface area contributed by atoms with E-state index in [1.165, 1.54) is 43.3 Å². The van der Waals surface area contributed by atoms with E-state index >= 15 is 0 Å². The summed E-state index contributed by atoms with van der Waals surface area (Å²) in [5, 5.41) is 5.21. The zero-order chi connectivity index (χ0) is 23.5. The molecule has 2 aromatic carbocycles. The number of hydrogen-bond acceptors (Lipinski definition) is 5. The summed E-state index contributed by atoms with van der Waals surface area (Å²) < 4.78 is 28.9. The van der Waals surface area contributed by atoms with Crippen molar-refractivity contribution >= 4 is 29.3 Å². The maximum Gasteiger partial charge on any atom is 0.387 e. The normalized spacial score (nSPS) is 18.0. The van der Waals surface area contributed by atoms with Crippen LogP contribution in [0.4, 0.5) is 19.3 Å². The Labute approximate surface area is 182 Å². The van der Waals surface area contributed by atoms with Crippen LogP contribution in [0, 0.1) is 0 Å². The van der Waals surface area contributed by atoms with Crippen LogP contribution in [0.25, 0.3) is 0 Å². The third-order valence-corrected chi connectivity index (χ3v) is 5.05. The van der Waals surface area contributed by atoms with E-state index in [0.717, 1.165) is 4.90 Å². The second-order valence-electron chi connectivity index (χ2n) is 7.25. The molecule has 0 saturated carbocycles. The number of carbonyl (C=O) groups excluding carboxylic acids is 4. The van der Waals surface area contributed by atoms with Crippen LogP contribution in [0.2, 0.25) is 0 Å². The number of carbonyl (C=O) groups is 4. The van der Waals surface area contributed by atoms with Gasteiger partial charge in [-0.05, 0) is 48.9 Å². The predicted molar refractivity (Wildman–Crippen MR) is 110 cm³/mol. The second-order valence-corrected chi connectivity index (χ2v) is 7.25. The fourth-order valence-corrected chi connectivity index (χ4v) is 3.23. The molecule has 1 saturated heterocycles. The minimum atomic E-state index is -2.98. The van der Waals surface area contributed by atoms with Crippen LogP contribution in [-0.2, 0) is 15.1 Å². The fraction of sp³-hybridized carbons (Fsp3) is 0.273. The lowest BCUT2D eigenvalue weighted by molar-refractivity contribution is -0.130. The molecule has 4 amide bonds. The third-order valence-electron chi connectivity index (χ3n) is 5.05. The minimum Gasteiger partial charge on any atom is -0.435 e. The number of Topliss-reactive ketones (excluding diaryl/α,β-unsaturated/α-hetero) is 1. The second kappa shape index (κ2) is 9.13. The number of rotatable bonds is 8. The molecule has 8 nitrogen and oxygen atoms in total. The van der Waals surface area contributed by atoms with Gasteiger partial charge in [0.15, 0.2) is 5.78 Å². The van der Waals surface area contributed by atoms with Gasteiger partial charge in [0, 0.05) is 17.7 Å². The van der Waals surface area contributed by atoms with Gasteiger partial charge in [0.05, 0.1) is 6.54 Å². The maximum atomic E-state index is 13.0. The molecule has 1 heterocycles. The van der Waals surface area contributed by atoms with Crippen LogP contribution in [0.3, 0.4) is 0 Å². The van der Waals surface area contributed by atoms with Gasteiger partial charge in [-0.15, -0.1) is 0 Å². The number of alkyl halides is 2. The maximum absolute atomic E-state index is 13.0. The van der Waals surface area contributed by atoms with E-state index in [-0.39, 0.29) is 17.2 Å². The van der Waals surface area contributed by atoms with Gasteiger partial charge in [0.25, 0.3) is 5.91 Å². The number of anilines is 1. The average Bonchev–Trinajstić information content (AvgIpc) is 2.98. The molecular formula is C22H21F2N3O5. The largest absolute Gasteiger partial charge is 0.435 e. The predicted octanol–water partition coefficient (Wildman–Crippen LogP) is 3.29. The molecule has 168 valence electrons. The van der Waals surface area contributed by atoms with Gasteiger partial charge in [-0.2, -0.15) is 8.78 Å². The molecule has 0 radical (unpaired) electrons. The molecule has 2 aromatic rings. The molecule has 2 N–H and O–H groups in total. The van der Waals surface area contributed by atoms with Gasteiger partial charge in [0.2, 0.25) is 5.91 Å². The summed E-state index contributed by atoms with van der Waals surface area (Å²) in [5.41, 5.74) is -0.324. The number of ether oxygens (including phenoxy) is 1. The molecule has 0 aromatic heterocycles. The molecule has 10 heteroatoms. The summed E-state index contributed by atoms with van der Waals surface area (Å²) >= 11 is 0. The first-order valence-electron chi connectivity index (χ1n) is 9.76. The summed E-state index contributed by atoms with van der Waals surface area (Å²) in [6.07, 6.45) is 0.313. The Morgan fingerprint density at radius 2 is 1.72 bits per heavy atom. The van der Waals surface area contributed by atoms with Gasteiger partial charge in [-0.3, -0.25) is 19.3 Å². The zero-order valence-electron chi connectivity index (χ0n) is 17.4. The Balaban J connectivity index is 1.71. The van der Waals surface area contributed by atoms with Crippen molar-refractivity contribution in [2.45, 2.75) is 32.4 Å². The van der Waals surface area contributed by atoms with E-state index < -0.39 is 36.4 Å². The molecule has 3 rings (SSSR count). The van der Waals surface area contributed by atoms with Crippen LogP contribution in [0.15, 0.2) is 48.5 Å². The first-order valence-corrected chi connectivity index (χ1v) is 9.76. The summed E-state index contributed by atoms with van der Waals surface area (Å²) in [6, 6.07) is 10.7. The van der Waals surface area contributed by atoms with E-state index in [0.29, 0.717) is 17.7 Å². The van der Waals surface area contributed by atoms with E-state index in [2.05, 4.69) is 15.4 Å². The smallest absolute Gasteiger partial charge is 0.387 e. The Morgan fingerprint density at radius 1 is 1.09 bits per heavy atom. The van der Waals surface area contributed by atoms with Crippen molar-refractivity contribution in [2.24, 2.45) is 0 Å². The number of amides is 4. The van der Waals surface area contributed by atoms with Gasteiger partial charge in [-0.1, -0.05) is 19.1 Å². The molecule has 32 heavy (non-hydrogen) atoms. The SMILES string of the molecule is CCC(=O)Nc1ccc(C(=O)CN2C(=O)N[C@@](C)(c3ccc(OC(F)F)cc3)C2=O)cc1. The minimum absolute atomic E-state index is 0.0882. The van der Waals surface area contributed by atoms with Crippen molar-refractivity contribution in [3.8, 4) is 5.75 Å². The standard InChI is InChI=1S/C22H21F2N3O5/c1-3-18(29)25-15-8-4-13(5-9-15)17(28)12-27-19(30)22(2,26-21(27)31)14-6-10-16(11-7-14)32-20(23)24/h4-11,20H,3,12H2,1-2H3,(H,25,29)(H,26,31)/t22-/m0/s1. The Hall–Kier alpha value is -3.82. The Kier molecular flexibility index (Phi) is 6.52. The Bertz CT molecular complexity index is 1040. The lowest BCUT2D eigenvalue weighted by Crippen LogP contribution is -2.41. The van der Waals surface area contributed by atoms with Crippen molar-refractivity contribution < 1.29 is 32.7 Å². The van der Waals surface area contributed by atoms with Crippen molar-refractivity contribution in [1.82, 2.24) is 10.2 Å². The molecule has 1 atom stereocenters. The highest BCUT2D eigenvalue weighted by Crippen LogP contribution is 2.30. The van der Waals surface area contributed by atoms with Gasteiger partial charge >= 0.3 is 12.6 Å². The number of halogens is 2. The molecule has 0 aliphatic carbocycles. The summed E-state index contributed by atoms with van der Waals surface area (Å²) in [6.45, 7) is -0.285. The third kappa shape index (κ3) is 4.74. The molecule has 0 unspecified atom stereocenters. The lowest BCUT2D eigenvalue weighted by atomic mass is 9.92. The van der Waals surface area contributed by atoms with Gasteiger partial charge in [0.1, 0.15) is 11.3 Å². The molecule has 1 fully saturated rings. The molecule has 1 aliphatic rings. The Morgan fingerprint density at radius 3 is 2.28 bits per heavy atom. The van der Waals surface area contributed by atoms with Crippen LogP contribution < -0.4 is 15.4 Å². The van der Waals surface area contributed by atoms with Crippen LogP contribution in [0.5, 0.6) is 5.75 Å². The van der Waals surface area contributed by atoms with Crippen LogP contribution in [0.1, 0.15) is 36.2 Å². The van der Waals surface area contributed by atoms with Crippen molar-refractivity contribution in [3.63, 3.8) is 0 Å². The lowest BCUT2D eigenvalue weighted by Gasteiger charge is -2.22. The topological polar surface area (TPSA) is 105 Å². The van der Waals surface area contributed by atoms with Crippen LogP contribution in [-0.4, -0.2) is 41.7 Å². The monoisotopic (exact) mass is 445 g/mol. The molecule has 0 spiro atoms. The van der Waals surface area contributed by atoms with Crippen molar-refractivity contribution in [2.75, 3.05) is 11.9 Å². The molecule has 0 bridgehead atoms. The van der Waals surface area contributed by atoms with Gasteiger partial charge < -0.3 is 15.4 Å². The number of imide groups is 1. The highest BCUT2D eigenvalue weighted by molar-refractivity contribution is 6.11. The first kappa shape index (κ1) is 22.9.